The second-order valence-electron chi connectivity index (χ2n) is 4.08. The Morgan fingerprint density at radius 2 is 1.80 bits per heavy atom. The summed E-state index contributed by atoms with van der Waals surface area (Å²) in [5, 5.41) is 0. The van der Waals surface area contributed by atoms with Gasteiger partial charge in [-0.05, 0) is 18.4 Å². The molecule has 3 heteroatoms. The zero-order valence-corrected chi connectivity index (χ0v) is 10.1. The van der Waals surface area contributed by atoms with Gasteiger partial charge in [0, 0.05) is 16.1 Å². The number of hydrogen-bond donors (Lipinski definition) is 1. The molecule has 0 aliphatic heterocycles. The molecule has 0 bridgehead atoms. The molecule has 2 rings (SSSR count). The second kappa shape index (κ2) is 4.35. The van der Waals surface area contributed by atoms with Crippen molar-refractivity contribution >= 4 is 22.1 Å². The Balaban J connectivity index is 2.39. The molecule has 15 heavy (non-hydrogen) atoms. The topological polar surface area (TPSA) is 29.1 Å². The Morgan fingerprint density at radius 3 is 2.33 bits per heavy atom. The standard InChI is InChI=1S/C12H14BrNO/c13-14-11(15)12(8-4-5-9-12)10-6-2-1-3-7-10/h1-3,6-7H,4-5,8-9H2,(H,14,15). The summed E-state index contributed by atoms with van der Waals surface area (Å²) in [5.74, 6) is 0.0891. The lowest BCUT2D eigenvalue weighted by Crippen LogP contribution is -2.38. The SMILES string of the molecule is O=C(NBr)C1(c2ccccc2)CCCC1. The van der Waals surface area contributed by atoms with Gasteiger partial charge in [0.15, 0.2) is 0 Å². The van der Waals surface area contributed by atoms with Crippen molar-refractivity contribution in [3.8, 4) is 0 Å². The summed E-state index contributed by atoms with van der Waals surface area (Å²) in [7, 11) is 0. The minimum atomic E-state index is -0.301. The minimum Gasteiger partial charge on any atom is -0.292 e. The molecule has 0 unspecified atom stereocenters. The van der Waals surface area contributed by atoms with Crippen LogP contribution in [0.5, 0.6) is 0 Å². The summed E-state index contributed by atoms with van der Waals surface area (Å²) in [5.41, 5.74) is 0.838. The average Bonchev–Trinajstić information content (AvgIpc) is 2.79. The van der Waals surface area contributed by atoms with Gasteiger partial charge >= 0.3 is 0 Å². The van der Waals surface area contributed by atoms with E-state index in [0.717, 1.165) is 31.2 Å². The Hall–Kier alpha value is -0.830. The van der Waals surface area contributed by atoms with Crippen molar-refractivity contribution in [2.75, 3.05) is 0 Å². The number of carbonyl (C=O) groups excluding carboxylic acids is 1. The number of halogens is 1. The van der Waals surface area contributed by atoms with Crippen LogP contribution < -0.4 is 4.34 Å². The van der Waals surface area contributed by atoms with Gasteiger partial charge in [0.1, 0.15) is 0 Å². The highest BCUT2D eigenvalue weighted by atomic mass is 79.9. The van der Waals surface area contributed by atoms with Gasteiger partial charge in [-0.2, -0.15) is 0 Å². The van der Waals surface area contributed by atoms with Crippen LogP contribution in [0.4, 0.5) is 0 Å². The minimum absolute atomic E-state index is 0.0891. The summed E-state index contributed by atoms with van der Waals surface area (Å²) in [6, 6.07) is 10.1. The molecule has 1 aromatic rings. The highest BCUT2D eigenvalue weighted by Gasteiger charge is 2.42. The van der Waals surface area contributed by atoms with E-state index in [1.165, 1.54) is 0 Å². The number of carbonyl (C=O) groups is 1. The third-order valence-corrected chi connectivity index (χ3v) is 3.66. The van der Waals surface area contributed by atoms with Crippen LogP contribution >= 0.6 is 16.1 Å². The molecule has 0 atom stereocenters. The zero-order valence-electron chi connectivity index (χ0n) is 8.50. The van der Waals surface area contributed by atoms with E-state index in [0.29, 0.717) is 0 Å². The first-order chi connectivity index (χ1) is 7.29. The Kier molecular flexibility index (Phi) is 3.10. The molecule has 0 heterocycles. The number of nitrogens with one attached hydrogen (secondary N) is 1. The first-order valence-electron chi connectivity index (χ1n) is 5.26. The fourth-order valence-corrected chi connectivity index (χ4v) is 2.85. The largest absolute Gasteiger partial charge is 0.292 e. The van der Waals surface area contributed by atoms with Crippen molar-refractivity contribution in [1.82, 2.24) is 4.34 Å². The third-order valence-electron chi connectivity index (χ3n) is 3.30. The summed E-state index contributed by atoms with van der Waals surface area (Å²) < 4.78 is 2.62. The van der Waals surface area contributed by atoms with E-state index in [1.807, 2.05) is 30.3 Å². The van der Waals surface area contributed by atoms with E-state index in [4.69, 9.17) is 0 Å². The van der Waals surface area contributed by atoms with Crippen LogP contribution in [0.1, 0.15) is 31.2 Å². The number of amides is 1. The lowest BCUT2D eigenvalue weighted by atomic mass is 9.78. The maximum absolute atomic E-state index is 12.0. The van der Waals surface area contributed by atoms with Crippen LogP contribution in [0.15, 0.2) is 30.3 Å². The highest BCUT2D eigenvalue weighted by molar-refractivity contribution is 9.08. The molecule has 0 radical (unpaired) electrons. The van der Waals surface area contributed by atoms with Crippen molar-refractivity contribution in [2.45, 2.75) is 31.1 Å². The molecule has 0 saturated heterocycles. The van der Waals surface area contributed by atoms with Gasteiger partial charge in [0.05, 0.1) is 5.41 Å². The normalized spacial score (nSPS) is 18.7. The molecule has 80 valence electrons. The molecule has 0 spiro atoms. The number of hydrogen-bond acceptors (Lipinski definition) is 1. The Bertz CT molecular complexity index is 344. The smallest absolute Gasteiger partial charge is 0.240 e. The van der Waals surface area contributed by atoms with Gasteiger partial charge in [-0.25, -0.2) is 0 Å². The molecule has 1 aliphatic rings. The zero-order chi connectivity index (χ0) is 10.7. The lowest BCUT2D eigenvalue weighted by Gasteiger charge is -2.26. The molecular formula is C12H14BrNO. The van der Waals surface area contributed by atoms with E-state index in [9.17, 15) is 4.79 Å². The van der Waals surface area contributed by atoms with Gasteiger partial charge in [-0.3, -0.25) is 9.14 Å². The Morgan fingerprint density at radius 1 is 1.20 bits per heavy atom. The summed E-state index contributed by atoms with van der Waals surface area (Å²) in [6.07, 6.45) is 4.17. The predicted octanol–water partition coefficient (Wildman–Crippen LogP) is 2.92. The molecule has 1 aromatic carbocycles. The maximum Gasteiger partial charge on any atom is 0.240 e. The number of benzene rings is 1. The fraction of sp³-hybridized carbons (Fsp3) is 0.417. The molecule has 1 N–H and O–H groups in total. The molecular weight excluding hydrogens is 254 g/mol. The van der Waals surface area contributed by atoms with Crippen molar-refractivity contribution in [3.63, 3.8) is 0 Å². The molecule has 1 fully saturated rings. The lowest BCUT2D eigenvalue weighted by molar-refractivity contribution is -0.124. The molecule has 1 saturated carbocycles. The average molecular weight is 268 g/mol. The van der Waals surface area contributed by atoms with E-state index in [-0.39, 0.29) is 11.3 Å². The van der Waals surface area contributed by atoms with Crippen LogP contribution in [0.2, 0.25) is 0 Å². The summed E-state index contributed by atoms with van der Waals surface area (Å²) in [4.78, 5) is 12.0. The van der Waals surface area contributed by atoms with E-state index in [1.54, 1.807) is 0 Å². The van der Waals surface area contributed by atoms with Crippen molar-refractivity contribution in [2.24, 2.45) is 0 Å². The van der Waals surface area contributed by atoms with Crippen LogP contribution in [0.3, 0.4) is 0 Å². The van der Waals surface area contributed by atoms with Gasteiger partial charge in [0.25, 0.3) is 0 Å². The second-order valence-corrected chi connectivity index (χ2v) is 4.48. The van der Waals surface area contributed by atoms with Crippen LogP contribution in [-0.4, -0.2) is 5.91 Å². The first-order valence-corrected chi connectivity index (χ1v) is 6.05. The van der Waals surface area contributed by atoms with Crippen molar-refractivity contribution in [3.05, 3.63) is 35.9 Å². The maximum atomic E-state index is 12.0. The summed E-state index contributed by atoms with van der Waals surface area (Å²) >= 11 is 3.06. The molecule has 0 aromatic heterocycles. The Labute approximate surface area is 98.4 Å². The van der Waals surface area contributed by atoms with Gasteiger partial charge in [-0.1, -0.05) is 43.2 Å². The fourth-order valence-electron chi connectivity index (χ4n) is 2.47. The summed E-state index contributed by atoms with van der Waals surface area (Å²) in [6.45, 7) is 0. The first kappa shape index (κ1) is 10.7. The van der Waals surface area contributed by atoms with Crippen LogP contribution in [-0.2, 0) is 10.2 Å². The number of rotatable bonds is 2. The third kappa shape index (κ3) is 1.81. The van der Waals surface area contributed by atoms with Crippen molar-refractivity contribution < 1.29 is 4.79 Å². The van der Waals surface area contributed by atoms with E-state index < -0.39 is 0 Å². The molecule has 2 nitrogen and oxygen atoms in total. The predicted molar refractivity (Wildman–Crippen MR) is 63.7 cm³/mol. The van der Waals surface area contributed by atoms with Gasteiger partial charge in [0.2, 0.25) is 5.91 Å². The van der Waals surface area contributed by atoms with Gasteiger partial charge < -0.3 is 0 Å². The van der Waals surface area contributed by atoms with E-state index in [2.05, 4.69) is 20.5 Å². The quantitative estimate of drug-likeness (QED) is 0.821. The highest BCUT2D eigenvalue weighted by Crippen LogP contribution is 2.41. The molecule has 1 aliphatic carbocycles. The van der Waals surface area contributed by atoms with Gasteiger partial charge in [-0.15, -0.1) is 0 Å². The van der Waals surface area contributed by atoms with Crippen LogP contribution in [0, 0.1) is 0 Å². The van der Waals surface area contributed by atoms with E-state index >= 15 is 0 Å². The monoisotopic (exact) mass is 267 g/mol. The molecule has 1 amide bonds. The van der Waals surface area contributed by atoms with Crippen LogP contribution in [0.25, 0.3) is 0 Å². The van der Waals surface area contributed by atoms with Crippen molar-refractivity contribution in [1.29, 1.82) is 0 Å².